The van der Waals surface area contributed by atoms with Gasteiger partial charge in [-0.25, -0.2) is 9.97 Å². The first kappa shape index (κ1) is 29.0. The second kappa shape index (κ2) is 13.0. The number of non-ortho nitro benzene ring substituents is 1. The molecule has 10 heteroatoms. The first-order valence-electron chi connectivity index (χ1n) is 13.8. The first-order valence-corrected chi connectivity index (χ1v) is 13.8. The van der Waals surface area contributed by atoms with Crippen molar-refractivity contribution in [2.75, 3.05) is 47.5 Å². The predicted octanol–water partition coefficient (Wildman–Crippen LogP) is 5.37. The van der Waals surface area contributed by atoms with Crippen LogP contribution in [0.1, 0.15) is 16.8 Å². The summed E-state index contributed by atoms with van der Waals surface area (Å²) >= 11 is 0. The number of piperazine rings is 1. The number of nitrogens with zero attached hydrogens (tertiary/aromatic N) is 5. The minimum absolute atomic E-state index is 0.0383. The van der Waals surface area contributed by atoms with Crippen molar-refractivity contribution in [3.05, 3.63) is 93.7 Å². The fraction of sp³-hybridized carbons (Fsp3) is 0.312. The number of nitro benzene ring substituents is 1. The van der Waals surface area contributed by atoms with Gasteiger partial charge in [-0.3, -0.25) is 19.9 Å². The van der Waals surface area contributed by atoms with Gasteiger partial charge in [0.25, 0.3) is 5.69 Å². The van der Waals surface area contributed by atoms with E-state index in [1.165, 1.54) is 6.07 Å². The Balaban J connectivity index is 1.36. The van der Waals surface area contributed by atoms with Crippen LogP contribution in [0.4, 0.5) is 5.69 Å². The van der Waals surface area contributed by atoms with Crippen LogP contribution in [0.3, 0.4) is 0 Å². The quantitative estimate of drug-likeness (QED) is 0.184. The molecule has 1 saturated heterocycles. The molecular weight excluding hydrogens is 534 g/mol. The summed E-state index contributed by atoms with van der Waals surface area (Å²) in [5, 5.41) is 11.5. The van der Waals surface area contributed by atoms with Crippen LogP contribution in [-0.2, 0) is 13.1 Å². The molecule has 0 amide bonds. The highest BCUT2D eigenvalue weighted by Crippen LogP contribution is 2.38. The molecule has 0 bridgehead atoms. The maximum atomic E-state index is 11.5. The number of rotatable bonds is 10. The molecule has 42 heavy (non-hydrogen) atoms. The number of methoxy groups -OCH3 is 3. The van der Waals surface area contributed by atoms with E-state index in [9.17, 15) is 10.1 Å². The van der Waals surface area contributed by atoms with Gasteiger partial charge in [0.1, 0.15) is 0 Å². The Morgan fingerprint density at radius 2 is 1.40 bits per heavy atom. The number of hydrogen-bond donors (Lipinski definition) is 0. The smallest absolute Gasteiger partial charge is 0.270 e. The highest BCUT2D eigenvalue weighted by molar-refractivity contribution is 5.69. The second-order valence-corrected chi connectivity index (χ2v) is 10.2. The monoisotopic (exact) mass is 569 g/mol. The molecule has 2 heterocycles. The molecule has 1 aromatic heterocycles. The Bertz CT molecular complexity index is 1530. The molecule has 10 nitrogen and oxygen atoms in total. The van der Waals surface area contributed by atoms with Crippen molar-refractivity contribution in [1.29, 1.82) is 0 Å². The van der Waals surface area contributed by atoms with Crippen molar-refractivity contribution in [1.82, 2.24) is 19.8 Å². The highest BCUT2D eigenvalue weighted by Gasteiger charge is 2.23. The molecule has 3 aromatic carbocycles. The fourth-order valence-corrected chi connectivity index (χ4v) is 5.32. The van der Waals surface area contributed by atoms with Gasteiger partial charge in [-0.15, -0.1) is 0 Å². The third-order valence-electron chi connectivity index (χ3n) is 7.55. The molecule has 5 rings (SSSR count). The van der Waals surface area contributed by atoms with E-state index >= 15 is 0 Å². The normalized spacial score (nSPS) is 14.0. The number of aryl methyl sites for hydroxylation is 1. The van der Waals surface area contributed by atoms with Gasteiger partial charge in [0, 0.05) is 73.8 Å². The molecule has 0 N–H and O–H groups in total. The second-order valence-electron chi connectivity index (χ2n) is 10.2. The van der Waals surface area contributed by atoms with E-state index in [2.05, 4.69) is 9.80 Å². The summed E-state index contributed by atoms with van der Waals surface area (Å²) in [4.78, 5) is 25.8. The summed E-state index contributed by atoms with van der Waals surface area (Å²) in [5.41, 5.74) is 5.31. The summed E-state index contributed by atoms with van der Waals surface area (Å²) in [6.07, 6.45) is 0. The molecule has 0 saturated carbocycles. The number of ether oxygens (including phenoxy) is 3. The predicted molar refractivity (Wildman–Crippen MR) is 161 cm³/mol. The van der Waals surface area contributed by atoms with Crippen LogP contribution in [0.15, 0.2) is 66.7 Å². The molecule has 1 fully saturated rings. The Hall–Kier alpha value is -4.54. The van der Waals surface area contributed by atoms with Crippen molar-refractivity contribution >= 4 is 5.69 Å². The Morgan fingerprint density at radius 3 is 2.00 bits per heavy atom. The zero-order valence-electron chi connectivity index (χ0n) is 24.4. The Labute approximate surface area is 245 Å². The minimum atomic E-state index is -0.372. The largest absolute Gasteiger partial charge is 0.493 e. The molecule has 1 aliphatic heterocycles. The lowest BCUT2D eigenvalue weighted by molar-refractivity contribution is -0.384. The van der Waals surface area contributed by atoms with Crippen LogP contribution in [-0.4, -0.2) is 72.2 Å². The zero-order chi connectivity index (χ0) is 29.6. The third-order valence-corrected chi connectivity index (χ3v) is 7.55. The molecule has 0 atom stereocenters. The van der Waals surface area contributed by atoms with Crippen LogP contribution in [0.2, 0.25) is 0 Å². The van der Waals surface area contributed by atoms with Crippen molar-refractivity contribution in [3.8, 4) is 39.9 Å². The lowest BCUT2D eigenvalue weighted by Gasteiger charge is -2.35. The van der Waals surface area contributed by atoms with E-state index in [0.717, 1.165) is 60.8 Å². The maximum absolute atomic E-state index is 11.5. The molecule has 1 aliphatic rings. The first-order chi connectivity index (χ1) is 20.4. The topological polar surface area (TPSA) is 103 Å². The van der Waals surface area contributed by atoms with Crippen molar-refractivity contribution < 1.29 is 19.1 Å². The summed E-state index contributed by atoms with van der Waals surface area (Å²) in [5.74, 6) is 2.49. The average molecular weight is 570 g/mol. The van der Waals surface area contributed by atoms with E-state index in [-0.39, 0.29) is 10.6 Å². The number of benzene rings is 3. The zero-order valence-corrected chi connectivity index (χ0v) is 24.4. The van der Waals surface area contributed by atoms with E-state index in [4.69, 9.17) is 24.2 Å². The standard InChI is InChI=1S/C32H35N5O5/c1-22-27(21-36-15-13-35(14-16-36)20-23-17-28(40-2)31(42-4)29(18-23)41-3)30(25-11-8-12-26(19-25)37(38)39)34-32(33-22)24-9-6-5-7-10-24/h5-12,17-19H,13-16,20-21H2,1-4H3. The van der Waals surface area contributed by atoms with Gasteiger partial charge in [0.05, 0.1) is 31.9 Å². The van der Waals surface area contributed by atoms with Crippen molar-refractivity contribution in [2.45, 2.75) is 20.0 Å². The maximum Gasteiger partial charge on any atom is 0.270 e. The summed E-state index contributed by atoms with van der Waals surface area (Å²) in [7, 11) is 4.85. The van der Waals surface area contributed by atoms with Crippen LogP contribution >= 0.6 is 0 Å². The highest BCUT2D eigenvalue weighted by atomic mass is 16.6. The molecule has 0 aliphatic carbocycles. The molecule has 0 radical (unpaired) electrons. The van der Waals surface area contributed by atoms with E-state index in [0.29, 0.717) is 35.2 Å². The average Bonchev–Trinajstić information content (AvgIpc) is 3.02. The van der Waals surface area contributed by atoms with E-state index < -0.39 is 0 Å². The van der Waals surface area contributed by atoms with Crippen molar-refractivity contribution in [2.24, 2.45) is 0 Å². The molecule has 218 valence electrons. The fourth-order valence-electron chi connectivity index (χ4n) is 5.32. The van der Waals surface area contributed by atoms with Crippen LogP contribution in [0, 0.1) is 17.0 Å². The number of hydrogen-bond acceptors (Lipinski definition) is 9. The van der Waals surface area contributed by atoms with Gasteiger partial charge in [-0.05, 0) is 24.6 Å². The van der Waals surface area contributed by atoms with Gasteiger partial charge in [0.15, 0.2) is 17.3 Å². The third kappa shape index (κ3) is 6.35. The molecule has 0 unspecified atom stereocenters. The van der Waals surface area contributed by atoms with Gasteiger partial charge < -0.3 is 14.2 Å². The van der Waals surface area contributed by atoms with Crippen LogP contribution in [0.5, 0.6) is 17.2 Å². The molecule has 0 spiro atoms. The van der Waals surface area contributed by atoms with Crippen LogP contribution < -0.4 is 14.2 Å². The number of aromatic nitrogens is 2. The van der Waals surface area contributed by atoms with Crippen LogP contribution in [0.25, 0.3) is 22.6 Å². The SMILES string of the molecule is COc1cc(CN2CCN(Cc3c(C)nc(-c4ccccc4)nc3-c3cccc([N+](=O)[O-])c3)CC2)cc(OC)c1OC. The lowest BCUT2D eigenvalue weighted by Crippen LogP contribution is -2.45. The van der Waals surface area contributed by atoms with E-state index in [1.807, 2.05) is 55.5 Å². The lowest BCUT2D eigenvalue weighted by atomic mass is 10.0. The molecule has 4 aromatic rings. The van der Waals surface area contributed by atoms with Gasteiger partial charge in [0.2, 0.25) is 5.75 Å². The summed E-state index contributed by atoms with van der Waals surface area (Å²) in [6.45, 7) is 6.88. The van der Waals surface area contributed by atoms with Gasteiger partial charge in [-0.1, -0.05) is 42.5 Å². The van der Waals surface area contributed by atoms with Gasteiger partial charge >= 0.3 is 0 Å². The van der Waals surface area contributed by atoms with Gasteiger partial charge in [-0.2, -0.15) is 0 Å². The van der Waals surface area contributed by atoms with Crippen molar-refractivity contribution in [3.63, 3.8) is 0 Å². The van der Waals surface area contributed by atoms with E-state index in [1.54, 1.807) is 33.5 Å². The summed E-state index contributed by atoms with van der Waals surface area (Å²) < 4.78 is 16.5. The number of nitro groups is 1. The molecular formula is C32H35N5O5. The Morgan fingerprint density at radius 1 is 0.786 bits per heavy atom. The Kier molecular flexibility index (Phi) is 8.94. The summed E-state index contributed by atoms with van der Waals surface area (Å²) in [6, 6.07) is 20.5. The minimum Gasteiger partial charge on any atom is -0.493 e.